The van der Waals surface area contributed by atoms with E-state index in [1.54, 1.807) is 0 Å². The standard InChI is InChI=1S/C16H21N3S/c1-4-14-9-13(10-17)5-6-15(14)18-16-19(7-8-20-16)11-12(2)3/h5-6,9,12H,4,7-8,11H2,1-3H3/b18-16-. The third-order valence-electron chi connectivity index (χ3n) is 3.25. The number of amidine groups is 1. The molecule has 0 radical (unpaired) electrons. The van der Waals surface area contributed by atoms with Gasteiger partial charge in [0, 0.05) is 18.8 Å². The Bertz CT molecular complexity index is 543. The Kier molecular flexibility index (Phi) is 5.08. The molecule has 0 amide bonds. The van der Waals surface area contributed by atoms with E-state index in [-0.39, 0.29) is 0 Å². The van der Waals surface area contributed by atoms with Crippen molar-refractivity contribution in [1.82, 2.24) is 4.90 Å². The molecule has 0 aliphatic carbocycles. The number of nitrogens with zero attached hydrogens (tertiary/aromatic N) is 3. The summed E-state index contributed by atoms with van der Waals surface area (Å²) in [7, 11) is 0. The van der Waals surface area contributed by atoms with Gasteiger partial charge in [0.25, 0.3) is 0 Å². The summed E-state index contributed by atoms with van der Waals surface area (Å²) >= 11 is 1.83. The van der Waals surface area contributed by atoms with Crippen LogP contribution in [0, 0.1) is 17.2 Å². The van der Waals surface area contributed by atoms with E-state index in [2.05, 4.69) is 31.7 Å². The molecule has 4 heteroatoms. The summed E-state index contributed by atoms with van der Waals surface area (Å²) in [6, 6.07) is 7.96. The molecule has 0 N–H and O–H groups in total. The number of aliphatic imine (C=N–C) groups is 1. The smallest absolute Gasteiger partial charge is 0.164 e. The van der Waals surface area contributed by atoms with E-state index < -0.39 is 0 Å². The molecule has 0 aromatic heterocycles. The lowest BCUT2D eigenvalue weighted by molar-refractivity contribution is 0.396. The first-order valence-electron chi connectivity index (χ1n) is 7.13. The zero-order valence-corrected chi connectivity index (χ0v) is 13.2. The number of nitriles is 1. The largest absolute Gasteiger partial charge is 0.350 e. The zero-order chi connectivity index (χ0) is 14.5. The van der Waals surface area contributed by atoms with Crippen LogP contribution in [0.3, 0.4) is 0 Å². The molecule has 1 heterocycles. The fourth-order valence-electron chi connectivity index (χ4n) is 2.30. The Labute approximate surface area is 125 Å². The molecule has 1 aliphatic rings. The maximum atomic E-state index is 8.98. The molecule has 106 valence electrons. The average Bonchev–Trinajstić information content (AvgIpc) is 2.85. The van der Waals surface area contributed by atoms with Gasteiger partial charge in [0.15, 0.2) is 5.17 Å². The second-order valence-corrected chi connectivity index (χ2v) is 6.45. The van der Waals surface area contributed by atoms with E-state index in [1.807, 2.05) is 30.0 Å². The van der Waals surface area contributed by atoms with Crippen molar-refractivity contribution in [3.8, 4) is 6.07 Å². The van der Waals surface area contributed by atoms with Gasteiger partial charge in [0.2, 0.25) is 0 Å². The normalized spacial score (nSPS) is 16.9. The summed E-state index contributed by atoms with van der Waals surface area (Å²) < 4.78 is 0. The first kappa shape index (κ1) is 14.9. The highest BCUT2D eigenvalue weighted by Gasteiger charge is 2.20. The van der Waals surface area contributed by atoms with E-state index in [4.69, 9.17) is 10.3 Å². The van der Waals surface area contributed by atoms with E-state index in [0.717, 1.165) is 41.7 Å². The van der Waals surface area contributed by atoms with Gasteiger partial charge in [-0.15, -0.1) is 0 Å². The zero-order valence-electron chi connectivity index (χ0n) is 12.4. The van der Waals surface area contributed by atoms with Crippen molar-refractivity contribution in [1.29, 1.82) is 5.26 Å². The predicted molar refractivity (Wildman–Crippen MR) is 86.5 cm³/mol. The number of aryl methyl sites for hydroxylation is 1. The number of hydrogen-bond acceptors (Lipinski definition) is 3. The topological polar surface area (TPSA) is 39.4 Å². The van der Waals surface area contributed by atoms with Gasteiger partial charge in [-0.2, -0.15) is 5.26 Å². The van der Waals surface area contributed by atoms with Crippen molar-refractivity contribution in [3.05, 3.63) is 29.3 Å². The monoisotopic (exact) mass is 287 g/mol. The highest BCUT2D eigenvalue weighted by molar-refractivity contribution is 8.14. The molecule has 0 unspecified atom stereocenters. The number of benzene rings is 1. The Balaban J connectivity index is 2.27. The van der Waals surface area contributed by atoms with Crippen LogP contribution >= 0.6 is 11.8 Å². The van der Waals surface area contributed by atoms with Crippen molar-refractivity contribution in [2.24, 2.45) is 10.9 Å². The van der Waals surface area contributed by atoms with Crippen LogP contribution in [0.5, 0.6) is 0 Å². The number of rotatable bonds is 4. The molecule has 1 fully saturated rings. The highest BCUT2D eigenvalue weighted by Crippen LogP contribution is 2.27. The molecule has 0 bridgehead atoms. The highest BCUT2D eigenvalue weighted by atomic mass is 32.2. The quantitative estimate of drug-likeness (QED) is 0.845. The fourth-order valence-corrected chi connectivity index (χ4v) is 3.30. The molecule has 1 aliphatic heterocycles. The van der Waals surface area contributed by atoms with Crippen molar-refractivity contribution in [3.63, 3.8) is 0 Å². The summed E-state index contributed by atoms with van der Waals surface area (Å²) in [6.45, 7) is 8.72. The Morgan fingerprint density at radius 2 is 2.25 bits per heavy atom. The van der Waals surface area contributed by atoms with Gasteiger partial charge in [-0.3, -0.25) is 0 Å². The molecule has 0 spiro atoms. The first-order chi connectivity index (χ1) is 9.63. The van der Waals surface area contributed by atoms with Crippen LogP contribution in [0.2, 0.25) is 0 Å². The Morgan fingerprint density at radius 1 is 1.45 bits per heavy atom. The third kappa shape index (κ3) is 3.55. The molecule has 2 rings (SSSR count). The van der Waals surface area contributed by atoms with Crippen LogP contribution in [0.1, 0.15) is 31.9 Å². The van der Waals surface area contributed by atoms with Crippen molar-refractivity contribution in [2.75, 3.05) is 18.8 Å². The molecule has 0 atom stereocenters. The average molecular weight is 287 g/mol. The van der Waals surface area contributed by atoms with E-state index in [0.29, 0.717) is 11.5 Å². The lowest BCUT2D eigenvalue weighted by atomic mass is 10.1. The van der Waals surface area contributed by atoms with Crippen LogP contribution in [-0.2, 0) is 6.42 Å². The van der Waals surface area contributed by atoms with Crippen molar-refractivity contribution >= 4 is 22.6 Å². The lowest BCUT2D eigenvalue weighted by Gasteiger charge is -2.20. The maximum absolute atomic E-state index is 8.98. The number of thioether (sulfide) groups is 1. The lowest BCUT2D eigenvalue weighted by Crippen LogP contribution is -2.28. The van der Waals surface area contributed by atoms with Crippen LogP contribution in [-0.4, -0.2) is 28.9 Å². The second-order valence-electron chi connectivity index (χ2n) is 5.39. The predicted octanol–water partition coefficient (Wildman–Crippen LogP) is 3.81. The van der Waals surface area contributed by atoms with E-state index in [1.165, 1.54) is 0 Å². The van der Waals surface area contributed by atoms with Gasteiger partial charge < -0.3 is 4.90 Å². The van der Waals surface area contributed by atoms with Gasteiger partial charge >= 0.3 is 0 Å². The van der Waals surface area contributed by atoms with Crippen LogP contribution in [0.15, 0.2) is 23.2 Å². The molecule has 20 heavy (non-hydrogen) atoms. The summed E-state index contributed by atoms with van der Waals surface area (Å²) in [4.78, 5) is 7.20. The molecule has 1 aromatic carbocycles. The van der Waals surface area contributed by atoms with E-state index in [9.17, 15) is 0 Å². The summed E-state index contributed by atoms with van der Waals surface area (Å²) in [6.07, 6.45) is 0.899. The van der Waals surface area contributed by atoms with Crippen molar-refractivity contribution in [2.45, 2.75) is 27.2 Å². The van der Waals surface area contributed by atoms with Gasteiger partial charge in [-0.1, -0.05) is 32.5 Å². The summed E-state index contributed by atoms with van der Waals surface area (Å²) in [5.41, 5.74) is 2.86. The minimum absolute atomic E-state index is 0.644. The Hall–Kier alpha value is -1.47. The minimum atomic E-state index is 0.644. The number of hydrogen-bond donors (Lipinski definition) is 0. The molecular weight excluding hydrogens is 266 g/mol. The van der Waals surface area contributed by atoms with Crippen molar-refractivity contribution < 1.29 is 0 Å². The first-order valence-corrected chi connectivity index (χ1v) is 8.12. The molecule has 1 aromatic rings. The maximum Gasteiger partial charge on any atom is 0.164 e. The van der Waals surface area contributed by atoms with Gasteiger partial charge in [0.05, 0.1) is 17.3 Å². The van der Waals surface area contributed by atoms with Crippen LogP contribution in [0.4, 0.5) is 5.69 Å². The SMILES string of the molecule is CCc1cc(C#N)ccc1/N=C1\SCCN1CC(C)C. The molecule has 3 nitrogen and oxygen atoms in total. The van der Waals surface area contributed by atoms with Gasteiger partial charge in [0.1, 0.15) is 0 Å². The van der Waals surface area contributed by atoms with E-state index >= 15 is 0 Å². The van der Waals surface area contributed by atoms with Gasteiger partial charge in [-0.05, 0) is 36.1 Å². The van der Waals surface area contributed by atoms with Crippen LogP contribution in [0.25, 0.3) is 0 Å². The summed E-state index contributed by atoms with van der Waals surface area (Å²) in [5.74, 6) is 1.76. The Morgan fingerprint density at radius 3 is 2.90 bits per heavy atom. The van der Waals surface area contributed by atoms with Gasteiger partial charge in [-0.25, -0.2) is 4.99 Å². The summed E-state index contributed by atoms with van der Waals surface area (Å²) in [5, 5.41) is 10.1. The third-order valence-corrected chi connectivity index (χ3v) is 4.25. The molecule has 0 saturated carbocycles. The van der Waals surface area contributed by atoms with Crippen LogP contribution < -0.4 is 0 Å². The molecular formula is C16H21N3S. The second kappa shape index (κ2) is 6.81. The fraction of sp³-hybridized carbons (Fsp3) is 0.500. The molecule has 1 saturated heterocycles. The minimum Gasteiger partial charge on any atom is -0.350 e.